The van der Waals surface area contributed by atoms with E-state index >= 15 is 0 Å². The number of aromatic nitrogens is 2. The van der Waals surface area contributed by atoms with E-state index in [1.807, 2.05) is 55.5 Å². The summed E-state index contributed by atoms with van der Waals surface area (Å²) in [7, 11) is 3.13. The molecular weight excluding hydrogens is 432 g/mol. The molecule has 0 unspecified atom stereocenters. The molecule has 0 saturated carbocycles. The van der Waals surface area contributed by atoms with Crippen LogP contribution in [0.25, 0.3) is 33.5 Å². The molecule has 0 aliphatic rings. The zero-order valence-corrected chi connectivity index (χ0v) is 19.0. The molecule has 0 fully saturated rings. The molecule has 170 valence electrons. The normalized spacial score (nSPS) is 11.1. The number of methoxy groups -OCH3 is 2. The third-order valence-electron chi connectivity index (χ3n) is 5.81. The maximum atomic E-state index is 13.7. The molecule has 2 heterocycles. The van der Waals surface area contributed by atoms with Crippen LogP contribution in [0.2, 0.25) is 0 Å². The highest BCUT2D eigenvalue weighted by molar-refractivity contribution is 5.89. The average Bonchev–Trinajstić information content (AvgIpc) is 2.86. The molecule has 0 spiro atoms. The van der Waals surface area contributed by atoms with E-state index in [4.69, 9.17) is 13.9 Å². The van der Waals surface area contributed by atoms with Crippen LogP contribution in [0.3, 0.4) is 0 Å². The van der Waals surface area contributed by atoms with Crippen LogP contribution in [-0.4, -0.2) is 23.8 Å². The fourth-order valence-electron chi connectivity index (χ4n) is 3.93. The molecule has 0 radical (unpaired) electrons. The zero-order valence-electron chi connectivity index (χ0n) is 19.0. The molecule has 0 aliphatic heterocycles. The van der Waals surface area contributed by atoms with Crippen LogP contribution in [0, 0.1) is 6.92 Å². The monoisotopic (exact) mass is 454 g/mol. The maximum absolute atomic E-state index is 13.7. The molecule has 0 amide bonds. The Balaban J connectivity index is 1.80. The summed E-state index contributed by atoms with van der Waals surface area (Å²) < 4.78 is 17.9. The Morgan fingerprint density at radius 3 is 2.24 bits per heavy atom. The molecule has 7 heteroatoms. The van der Waals surface area contributed by atoms with Gasteiger partial charge in [-0.05, 0) is 36.8 Å². The Morgan fingerprint density at radius 2 is 1.56 bits per heavy atom. The van der Waals surface area contributed by atoms with Crippen molar-refractivity contribution in [1.29, 1.82) is 0 Å². The van der Waals surface area contributed by atoms with Gasteiger partial charge in [0.1, 0.15) is 22.9 Å². The third kappa shape index (κ3) is 3.71. The largest absolute Gasteiger partial charge is 0.497 e. The van der Waals surface area contributed by atoms with Gasteiger partial charge >= 0.3 is 0 Å². The van der Waals surface area contributed by atoms with Crippen LogP contribution in [0.1, 0.15) is 11.1 Å². The summed E-state index contributed by atoms with van der Waals surface area (Å²) in [5.74, 6) is 1.68. The number of nitrogens with zero attached hydrogens (tertiary/aromatic N) is 2. The van der Waals surface area contributed by atoms with Gasteiger partial charge in [-0.1, -0.05) is 42.0 Å². The van der Waals surface area contributed by atoms with Gasteiger partial charge in [0, 0.05) is 11.6 Å². The van der Waals surface area contributed by atoms with Gasteiger partial charge in [0.25, 0.3) is 5.56 Å². The Bertz CT molecular complexity index is 1630. The van der Waals surface area contributed by atoms with Crippen LogP contribution >= 0.6 is 0 Å². The molecule has 34 heavy (non-hydrogen) atoms. The van der Waals surface area contributed by atoms with Gasteiger partial charge in [-0.2, -0.15) is 4.98 Å². The predicted molar refractivity (Wildman–Crippen MR) is 131 cm³/mol. The molecule has 2 aromatic heterocycles. The van der Waals surface area contributed by atoms with E-state index in [0.29, 0.717) is 28.3 Å². The van der Waals surface area contributed by atoms with E-state index in [1.165, 1.54) is 11.7 Å². The molecule has 0 saturated heterocycles. The molecule has 0 bridgehead atoms. The summed E-state index contributed by atoms with van der Waals surface area (Å²) in [5.41, 5.74) is 2.12. The highest BCUT2D eigenvalue weighted by Gasteiger charge is 2.19. The first-order chi connectivity index (χ1) is 16.5. The van der Waals surface area contributed by atoms with E-state index in [0.717, 1.165) is 16.7 Å². The molecule has 5 rings (SSSR count). The van der Waals surface area contributed by atoms with Gasteiger partial charge in [-0.3, -0.25) is 14.2 Å². The Morgan fingerprint density at radius 1 is 0.882 bits per heavy atom. The number of aryl methyl sites for hydroxylation is 1. The highest BCUT2D eigenvalue weighted by Crippen LogP contribution is 2.24. The van der Waals surface area contributed by atoms with Gasteiger partial charge in [0.15, 0.2) is 5.39 Å². The zero-order chi connectivity index (χ0) is 23.8. The van der Waals surface area contributed by atoms with Gasteiger partial charge in [0.2, 0.25) is 11.1 Å². The van der Waals surface area contributed by atoms with Crippen LogP contribution in [0.5, 0.6) is 11.5 Å². The fraction of sp³-hybridized carbons (Fsp3) is 0.148. The number of ether oxygens (including phenoxy) is 2. The van der Waals surface area contributed by atoms with E-state index in [9.17, 15) is 9.59 Å². The van der Waals surface area contributed by atoms with Crippen molar-refractivity contribution in [2.45, 2.75) is 13.5 Å². The predicted octanol–water partition coefficient (Wildman–Crippen LogP) is 4.54. The number of rotatable bonds is 5. The first kappa shape index (κ1) is 21.5. The van der Waals surface area contributed by atoms with Crippen molar-refractivity contribution in [3.63, 3.8) is 0 Å². The lowest BCUT2D eigenvalue weighted by Crippen LogP contribution is -2.28. The van der Waals surface area contributed by atoms with E-state index in [1.54, 1.807) is 25.3 Å². The minimum Gasteiger partial charge on any atom is -0.497 e. The van der Waals surface area contributed by atoms with Gasteiger partial charge in [0.05, 0.1) is 26.2 Å². The van der Waals surface area contributed by atoms with Crippen molar-refractivity contribution in [2.75, 3.05) is 14.2 Å². The van der Waals surface area contributed by atoms with Crippen molar-refractivity contribution in [1.82, 2.24) is 9.55 Å². The Kier molecular flexibility index (Phi) is 5.37. The van der Waals surface area contributed by atoms with Gasteiger partial charge < -0.3 is 13.9 Å². The number of hydrogen-bond donors (Lipinski definition) is 0. The molecule has 0 N–H and O–H groups in total. The van der Waals surface area contributed by atoms with Gasteiger partial charge in [-0.15, -0.1) is 0 Å². The Hall–Kier alpha value is -4.39. The number of fused-ring (bicyclic) bond motifs is 2. The van der Waals surface area contributed by atoms with E-state index < -0.39 is 11.0 Å². The fourth-order valence-corrected chi connectivity index (χ4v) is 3.93. The summed E-state index contributed by atoms with van der Waals surface area (Å²) in [4.78, 5) is 31.7. The van der Waals surface area contributed by atoms with Crippen LogP contribution in [-0.2, 0) is 6.54 Å². The minimum atomic E-state index is -0.456. The number of hydrogen-bond acceptors (Lipinski definition) is 6. The van der Waals surface area contributed by atoms with Crippen LogP contribution < -0.4 is 20.5 Å². The summed E-state index contributed by atoms with van der Waals surface area (Å²) in [5, 5.41) is 0.216. The second-order valence-electron chi connectivity index (χ2n) is 8.01. The van der Waals surface area contributed by atoms with Crippen molar-refractivity contribution in [3.8, 4) is 22.9 Å². The lowest BCUT2D eigenvalue weighted by atomic mass is 10.1. The highest BCUT2D eigenvalue weighted by atomic mass is 16.5. The SMILES string of the molecule is COc1ccc(Cn2c(-c3ccc(C)cc3)nc3oc4cc(OC)ccc4c(=O)c3c2=O)cc1. The maximum Gasteiger partial charge on any atom is 0.269 e. The van der Waals surface area contributed by atoms with Crippen LogP contribution in [0.15, 0.2) is 80.7 Å². The average molecular weight is 454 g/mol. The second kappa shape index (κ2) is 8.51. The van der Waals surface area contributed by atoms with Crippen molar-refractivity contribution < 1.29 is 13.9 Å². The lowest BCUT2D eigenvalue weighted by Gasteiger charge is -2.14. The molecular formula is C27H22N2O5. The lowest BCUT2D eigenvalue weighted by molar-refractivity contribution is 0.414. The van der Waals surface area contributed by atoms with Crippen molar-refractivity contribution in [2.24, 2.45) is 0 Å². The summed E-state index contributed by atoms with van der Waals surface area (Å²) >= 11 is 0. The number of benzene rings is 3. The Labute approximate surface area is 194 Å². The first-order valence-electron chi connectivity index (χ1n) is 10.7. The first-order valence-corrected chi connectivity index (χ1v) is 10.7. The summed E-state index contributed by atoms with van der Waals surface area (Å²) in [6.45, 7) is 2.22. The molecule has 0 atom stereocenters. The second-order valence-corrected chi connectivity index (χ2v) is 8.01. The van der Waals surface area contributed by atoms with Gasteiger partial charge in [-0.25, -0.2) is 0 Å². The molecule has 3 aromatic carbocycles. The van der Waals surface area contributed by atoms with Crippen molar-refractivity contribution >= 4 is 22.1 Å². The third-order valence-corrected chi connectivity index (χ3v) is 5.81. The molecule has 0 aliphatic carbocycles. The minimum absolute atomic E-state index is 0.00249. The summed E-state index contributed by atoms with van der Waals surface area (Å²) in [6.07, 6.45) is 0. The summed E-state index contributed by atoms with van der Waals surface area (Å²) in [6, 6.07) is 20.0. The standard InChI is InChI=1S/C27H22N2O5/c1-16-4-8-18(9-5-16)25-28-26-23(24(30)21-13-12-20(33-3)14-22(21)34-26)27(31)29(25)15-17-6-10-19(32-2)11-7-17/h4-14H,15H2,1-3H3. The molecule has 5 aromatic rings. The van der Waals surface area contributed by atoms with E-state index in [2.05, 4.69) is 4.98 Å². The topological polar surface area (TPSA) is 83.6 Å². The molecule has 7 nitrogen and oxygen atoms in total. The smallest absolute Gasteiger partial charge is 0.269 e. The van der Waals surface area contributed by atoms with E-state index in [-0.39, 0.29) is 17.6 Å². The van der Waals surface area contributed by atoms with Crippen molar-refractivity contribution in [3.05, 3.63) is 98.4 Å². The van der Waals surface area contributed by atoms with Crippen LogP contribution in [0.4, 0.5) is 0 Å². The quantitative estimate of drug-likeness (QED) is 0.363.